The predicted octanol–water partition coefficient (Wildman–Crippen LogP) is 0.0196. The van der Waals surface area contributed by atoms with Gasteiger partial charge in [-0.2, -0.15) is 4.68 Å². The molecule has 1 aromatic rings. The van der Waals surface area contributed by atoms with Gasteiger partial charge in [0.2, 0.25) is 14.9 Å². The van der Waals surface area contributed by atoms with Gasteiger partial charge in [0.05, 0.1) is 17.3 Å². The molecule has 15 heavy (non-hydrogen) atoms. The van der Waals surface area contributed by atoms with E-state index in [0.29, 0.717) is 0 Å². The molecule has 0 radical (unpaired) electrons. The summed E-state index contributed by atoms with van der Waals surface area (Å²) >= 11 is 0. The van der Waals surface area contributed by atoms with Crippen LogP contribution in [-0.4, -0.2) is 23.1 Å². The maximum atomic E-state index is 11.0. The molecule has 0 saturated carbocycles. The Morgan fingerprint density at radius 2 is 2.13 bits per heavy atom. The number of nitrogens with two attached hydrogens (primary N) is 1. The highest BCUT2D eigenvalue weighted by Crippen LogP contribution is 2.21. The summed E-state index contributed by atoms with van der Waals surface area (Å²) in [5.41, 5.74) is 0. The van der Waals surface area contributed by atoms with Gasteiger partial charge in [-0.05, 0) is 18.8 Å². The van der Waals surface area contributed by atoms with Crippen molar-refractivity contribution < 1.29 is 13.3 Å². The fraction of sp³-hybridized carbons (Fsp3) is 0.500. The van der Waals surface area contributed by atoms with E-state index in [1.165, 1.54) is 4.68 Å². The third-order valence-corrected chi connectivity index (χ3v) is 2.59. The molecule has 9 heteroatoms. The number of nitrogens with zero attached hydrogens (tertiary/aromatic N) is 3. The molecule has 1 heterocycles. The summed E-state index contributed by atoms with van der Waals surface area (Å²) in [4.78, 5) is 9.07. The van der Waals surface area contributed by atoms with Crippen molar-refractivity contribution in [3.63, 3.8) is 0 Å². The third kappa shape index (κ3) is 2.30. The average molecular weight is 234 g/mol. The van der Waals surface area contributed by atoms with Gasteiger partial charge < -0.3 is 10.1 Å². The Kier molecular flexibility index (Phi) is 2.77. The van der Waals surface area contributed by atoms with E-state index >= 15 is 0 Å². The van der Waals surface area contributed by atoms with Crippen molar-refractivity contribution in [2.45, 2.75) is 24.8 Å². The monoisotopic (exact) mass is 234 g/mol. The first-order valence-electron chi connectivity index (χ1n) is 4.00. The van der Waals surface area contributed by atoms with Crippen LogP contribution in [0.2, 0.25) is 0 Å². The molecule has 0 unspecified atom stereocenters. The molecule has 0 aliphatic heterocycles. The van der Waals surface area contributed by atoms with Gasteiger partial charge >= 0.3 is 5.82 Å². The summed E-state index contributed by atoms with van der Waals surface area (Å²) in [6, 6.07) is -0.181. The normalized spacial score (nSPS) is 12.0. The van der Waals surface area contributed by atoms with Gasteiger partial charge in [-0.25, -0.2) is 13.6 Å². The summed E-state index contributed by atoms with van der Waals surface area (Å²) in [5.74, 6) is -0.744. The minimum Gasteiger partial charge on any atom is -0.358 e. The molecule has 0 aliphatic rings. The molecule has 8 nitrogen and oxygen atoms in total. The Bertz CT molecular complexity index is 489. The summed E-state index contributed by atoms with van der Waals surface area (Å²) < 4.78 is 23.2. The van der Waals surface area contributed by atoms with Crippen LogP contribution in [-0.2, 0) is 10.0 Å². The van der Waals surface area contributed by atoms with Crippen molar-refractivity contribution in [3.05, 3.63) is 16.3 Å². The van der Waals surface area contributed by atoms with E-state index in [1.807, 2.05) is 0 Å². The van der Waals surface area contributed by atoms with Gasteiger partial charge in [-0.15, -0.1) is 0 Å². The Morgan fingerprint density at radius 1 is 1.60 bits per heavy atom. The topological polar surface area (TPSA) is 121 Å². The molecule has 0 atom stereocenters. The summed E-state index contributed by atoms with van der Waals surface area (Å²) in [5, 5.41) is 18.9. The van der Waals surface area contributed by atoms with E-state index in [0.717, 1.165) is 6.20 Å². The molecule has 0 saturated heterocycles. The second-order valence-electron chi connectivity index (χ2n) is 3.19. The van der Waals surface area contributed by atoms with Crippen molar-refractivity contribution in [2.24, 2.45) is 5.14 Å². The van der Waals surface area contributed by atoms with Gasteiger partial charge in [-0.3, -0.25) is 0 Å². The lowest BCUT2D eigenvalue weighted by molar-refractivity contribution is -0.392. The fourth-order valence-electron chi connectivity index (χ4n) is 0.957. The molecular formula is C6H10N4O4S. The first-order valence-corrected chi connectivity index (χ1v) is 5.54. The Morgan fingerprint density at radius 3 is 2.40 bits per heavy atom. The second-order valence-corrected chi connectivity index (χ2v) is 4.72. The number of primary sulfonamides is 1. The van der Waals surface area contributed by atoms with Gasteiger partial charge in [0.15, 0.2) is 0 Å². The number of nitro groups is 1. The predicted molar refractivity (Wildman–Crippen MR) is 50.6 cm³/mol. The molecule has 84 valence electrons. The maximum absolute atomic E-state index is 11.0. The molecule has 0 spiro atoms. The molecule has 0 amide bonds. The van der Waals surface area contributed by atoms with Gasteiger partial charge in [-0.1, -0.05) is 0 Å². The van der Waals surface area contributed by atoms with Crippen molar-refractivity contribution in [2.75, 3.05) is 0 Å². The fourth-order valence-corrected chi connectivity index (χ4v) is 1.58. The highest BCUT2D eigenvalue weighted by atomic mass is 32.2. The van der Waals surface area contributed by atoms with Crippen LogP contribution in [0.1, 0.15) is 19.9 Å². The van der Waals surface area contributed by atoms with Crippen LogP contribution in [0.15, 0.2) is 11.1 Å². The summed E-state index contributed by atoms with van der Waals surface area (Å²) in [6.45, 7) is 3.42. The third-order valence-electron chi connectivity index (χ3n) is 1.69. The molecule has 1 aromatic heterocycles. The molecular weight excluding hydrogens is 224 g/mol. The van der Waals surface area contributed by atoms with E-state index in [4.69, 9.17) is 5.14 Å². The molecule has 1 rings (SSSR count). The zero-order chi connectivity index (χ0) is 11.8. The second kappa shape index (κ2) is 3.59. The van der Waals surface area contributed by atoms with Gasteiger partial charge in [0, 0.05) is 0 Å². The van der Waals surface area contributed by atoms with Crippen LogP contribution in [0.5, 0.6) is 0 Å². The number of hydrogen-bond acceptors (Lipinski definition) is 5. The first-order chi connectivity index (χ1) is 6.73. The summed E-state index contributed by atoms with van der Waals surface area (Å²) in [7, 11) is -4.12. The van der Waals surface area contributed by atoms with Crippen LogP contribution in [0.25, 0.3) is 0 Å². The van der Waals surface area contributed by atoms with Gasteiger partial charge in [0.1, 0.15) is 0 Å². The Hall–Kier alpha value is -1.48. The van der Waals surface area contributed by atoms with Crippen LogP contribution in [0.4, 0.5) is 5.82 Å². The van der Waals surface area contributed by atoms with Crippen LogP contribution < -0.4 is 5.14 Å². The molecule has 0 bridgehead atoms. The number of aromatic nitrogens is 2. The minimum absolute atomic E-state index is 0.181. The molecule has 0 aliphatic carbocycles. The lowest BCUT2D eigenvalue weighted by Gasteiger charge is -1.96. The Balaban J connectivity index is 3.44. The van der Waals surface area contributed by atoms with Gasteiger partial charge in [0.25, 0.3) is 0 Å². The lowest BCUT2D eigenvalue weighted by Crippen LogP contribution is -2.13. The van der Waals surface area contributed by atoms with Crippen molar-refractivity contribution >= 4 is 15.8 Å². The summed E-state index contributed by atoms with van der Waals surface area (Å²) in [6.07, 6.45) is 1.05. The standard InChI is InChI=1S/C6H10N4O4S/c1-4(2)9-3-5(15(7,13)14)6(8-9)10(11)12/h3-4H,1-2H3,(H2,7,13,14). The van der Waals surface area contributed by atoms with E-state index in [9.17, 15) is 18.5 Å². The van der Waals surface area contributed by atoms with Crippen LogP contribution in [0, 0.1) is 10.1 Å². The van der Waals surface area contributed by atoms with Crippen LogP contribution >= 0.6 is 0 Å². The van der Waals surface area contributed by atoms with E-state index in [1.54, 1.807) is 13.8 Å². The first kappa shape index (κ1) is 11.6. The van der Waals surface area contributed by atoms with E-state index in [-0.39, 0.29) is 6.04 Å². The zero-order valence-corrected chi connectivity index (χ0v) is 8.93. The number of hydrogen-bond donors (Lipinski definition) is 1. The number of sulfonamides is 1. The largest absolute Gasteiger partial charge is 0.410 e. The molecule has 0 aromatic carbocycles. The Labute approximate surface area is 85.9 Å². The van der Waals surface area contributed by atoms with Crippen molar-refractivity contribution in [1.29, 1.82) is 0 Å². The minimum atomic E-state index is -4.12. The van der Waals surface area contributed by atoms with Crippen molar-refractivity contribution in [1.82, 2.24) is 9.78 Å². The van der Waals surface area contributed by atoms with Crippen LogP contribution in [0.3, 0.4) is 0 Å². The highest BCUT2D eigenvalue weighted by Gasteiger charge is 2.29. The lowest BCUT2D eigenvalue weighted by atomic mass is 10.4. The van der Waals surface area contributed by atoms with E-state index in [2.05, 4.69) is 5.10 Å². The molecule has 2 N–H and O–H groups in total. The van der Waals surface area contributed by atoms with Crippen molar-refractivity contribution in [3.8, 4) is 0 Å². The van der Waals surface area contributed by atoms with E-state index < -0.39 is 25.7 Å². The average Bonchev–Trinajstić information content (AvgIpc) is 2.45. The maximum Gasteiger partial charge on any atom is 0.410 e. The smallest absolute Gasteiger partial charge is 0.358 e. The highest BCUT2D eigenvalue weighted by molar-refractivity contribution is 7.89. The quantitative estimate of drug-likeness (QED) is 0.583. The zero-order valence-electron chi connectivity index (χ0n) is 8.11. The number of rotatable bonds is 3. The molecule has 0 fully saturated rings. The SMILES string of the molecule is CC(C)n1cc(S(N)(=O)=O)c([N+](=O)[O-])n1.